The van der Waals surface area contributed by atoms with Crippen molar-refractivity contribution in [3.05, 3.63) is 17.2 Å². The van der Waals surface area contributed by atoms with Crippen molar-refractivity contribution in [2.75, 3.05) is 5.73 Å². The van der Waals surface area contributed by atoms with E-state index in [2.05, 4.69) is 15.1 Å². The molecule has 0 saturated carbocycles. The van der Waals surface area contributed by atoms with Gasteiger partial charge in [-0.15, -0.1) is 0 Å². The number of nitrogens with two attached hydrogens (primary N) is 1. The molecular formula is C5H5N5S. The van der Waals surface area contributed by atoms with E-state index >= 15 is 0 Å². The van der Waals surface area contributed by atoms with Crippen molar-refractivity contribution in [2.24, 2.45) is 0 Å². The minimum atomic E-state index is 0.346. The Morgan fingerprint density at radius 1 is 1.64 bits per heavy atom. The van der Waals surface area contributed by atoms with Crippen LogP contribution < -0.4 is 5.73 Å². The molecule has 0 spiro atoms. The van der Waals surface area contributed by atoms with Crippen molar-refractivity contribution in [1.29, 1.82) is 0 Å². The van der Waals surface area contributed by atoms with Gasteiger partial charge in [0.05, 0.1) is 0 Å². The van der Waals surface area contributed by atoms with Gasteiger partial charge in [0.25, 0.3) is 0 Å². The van der Waals surface area contributed by atoms with Crippen molar-refractivity contribution in [1.82, 2.24) is 19.6 Å². The molecule has 2 rings (SSSR count). The highest BCUT2D eigenvalue weighted by molar-refractivity contribution is 7.71. The van der Waals surface area contributed by atoms with E-state index in [-0.39, 0.29) is 0 Å². The SMILES string of the molecule is Nc1nc(=S)[nH]n2ccnc12. The first kappa shape index (κ1) is 6.29. The number of imidazole rings is 1. The highest BCUT2D eigenvalue weighted by Crippen LogP contribution is 2.03. The molecule has 2 aromatic heterocycles. The molecule has 0 amide bonds. The average Bonchev–Trinajstić information content (AvgIpc) is 2.34. The Kier molecular flexibility index (Phi) is 1.16. The van der Waals surface area contributed by atoms with E-state index in [4.69, 9.17) is 18.0 Å². The molecule has 0 aromatic carbocycles. The van der Waals surface area contributed by atoms with Crippen LogP contribution in [0.5, 0.6) is 0 Å². The summed E-state index contributed by atoms with van der Waals surface area (Å²) in [6, 6.07) is 0. The van der Waals surface area contributed by atoms with Crippen LogP contribution in [0.1, 0.15) is 0 Å². The maximum absolute atomic E-state index is 5.52. The molecule has 11 heavy (non-hydrogen) atoms. The molecule has 0 atom stereocenters. The smallest absolute Gasteiger partial charge is 0.214 e. The van der Waals surface area contributed by atoms with Crippen molar-refractivity contribution in [3.63, 3.8) is 0 Å². The van der Waals surface area contributed by atoms with Gasteiger partial charge in [-0.25, -0.2) is 9.50 Å². The number of fused-ring (bicyclic) bond motifs is 1. The Morgan fingerprint density at radius 2 is 2.45 bits per heavy atom. The van der Waals surface area contributed by atoms with Gasteiger partial charge >= 0.3 is 0 Å². The van der Waals surface area contributed by atoms with Crippen LogP contribution in [0.2, 0.25) is 0 Å². The molecule has 0 fully saturated rings. The van der Waals surface area contributed by atoms with Crippen LogP contribution in [0.15, 0.2) is 12.4 Å². The molecule has 5 nitrogen and oxygen atoms in total. The summed E-state index contributed by atoms with van der Waals surface area (Å²) in [5.41, 5.74) is 6.12. The summed E-state index contributed by atoms with van der Waals surface area (Å²) in [6.07, 6.45) is 3.35. The van der Waals surface area contributed by atoms with Gasteiger partial charge in [-0.2, -0.15) is 4.98 Å². The zero-order chi connectivity index (χ0) is 7.84. The van der Waals surface area contributed by atoms with Crippen molar-refractivity contribution >= 4 is 23.7 Å². The van der Waals surface area contributed by atoms with Gasteiger partial charge in [-0.3, -0.25) is 5.10 Å². The Balaban J connectivity index is 3.02. The number of hydrogen-bond donors (Lipinski definition) is 2. The van der Waals surface area contributed by atoms with Crippen molar-refractivity contribution < 1.29 is 0 Å². The fourth-order valence-corrected chi connectivity index (χ4v) is 1.07. The quantitative estimate of drug-likeness (QED) is 0.556. The molecule has 0 saturated heterocycles. The predicted octanol–water partition coefficient (Wildman–Crippen LogP) is 0.369. The maximum atomic E-state index is 5.52. The van der Waals surface area contributed by atoms with Crippen LogP contribution in [-0.2, 0) is 0 Å². The van der Waals surface area contributed by atoms with E-state index in [9.17, 15) is 0 Å². The molecule has 6 heteroatoms. The first-order chi connectivity index (χ1) is 5.27. The molecule has 2 aromatic rings. The number of nitrogens with one attached hydrogen (secondary N) is 1. The number of H-pyrrole nitrogens is 1. The van der Waals surface area contributed by atoms with E-state index in [1.165, 1.54) is 0 Å². The molecule has 3 N–H and O–H groups in total. The van der Waals surface area contributed by atoms with Gasteiger partial charge in [-0.1, -0.05) is 0 Å². The summed E-state index contributed by atoms with van der Waals surface area (Å²) in [5.74, 6) is 0.346. The lowest BCUT2D eigenvalue weighted by Crippen LogP contribution is -2.00. The van der Waals surface area contributed by atoms with Gasteiger partial charge in [0.1, 0.15) is 0 Å². The number of nitrogens with zero attached hydrogens (tertiary/aromatic N) is 3. The van der Waals surface area contributed by atoms with E-state index in [0.717, 1.165) is 0 Å². The Labute approximate surface area is 66.9 Å². The fourth-order valence-electron chi connectivity index (χ4n) is 0.871. The molecule has 0 aliphatic rings. The van der Waals surface area contributed by atoms with Gasteiger partial charge in [-0.05, 0) is 12.2 Å². The highest BCUT2D eigenvalue weighted by atomic mass is 32.1. The summed E-state index contributed by atoms with van der Waals surface area (Å²) < 4.78 is 1.98. The molecular weight excluding hydrogens is 162 g/mol. The Bertz CT molecular complexity index is 441. The number of nitrogen functional groups attached to an aromatic ring is 1. The van der Waals surface area contributed by atoms with E-state index in [0.29, 0.717) is 16.2 Å². The van der Waals surface area contributed by atoms with Gasteiger partial charge in [0.2, 0.25) is 4.77 Å². The summed E-state index contributed by atoms with van der Waals surface area (Å²) in [4.78, 5) is 7.78. The number of hydrogen-bond acceptors (Lipinski definition) is 4. The molecule has 0 unspecified atom stereocenters. The number of anilines is 1. The molecule has 2 heterocycles. The zero-order valence-corrected chi connectivity index (χ0v) is 6.30. The lowest BCUT2D eigenvalue weighted by molar-refractivity contribution is 0.887. The lowest BCUT2D eigenvalue weighted by Gasteiger charge is -1.94. The predicted molar refractivity (Wildman–Crippen MR) is 42.6 cm³/mol. The number of aromatic amines is 1. The number of aromatic nitrogens is 4. The Morgan fingerprint density at radius 3 is 3.27 bits per heavy atom. The second kappa shape index (κ2) is 2.03. The monoisotopic (exact) mass is 167 g/mol. The van der Waals surface area contributed by atoms with Crippen molar-refractivity contribution in [3.8, 4) is 0 Å². The average molecular weight is 167 g/mol. The Hall–Kier alpha value is -1.43. The van der Waals surface area contributed by atoms with Crippen LogP contribution in [0.3, 0.4) is 0 Å². The first-order valence-corrected chi connectivity index (χ1v) is 3.37. The minimum absolute atomic E-state index is 0.346. The third kappa shape index (κ3) is 0.874. The highest BCUT2D eigenvalue weighted by Gasteiger charge is 1.98. The van der Waals surface area contributed by atoms with Crippen LogP contribution in [0.4, 0.5) is 5.82 Å². The third-order valence-corrected chi connectivity index (χ3v) is 1.49. The van der Waals surface area contributed by atoms with Gasteiger partial charge in [0.15, 0.2) is 11.5 Å². The van der Waals surface area contributed by atoms with E-state index in [1.807, 2.05) is 0 Å². The largest absolute Gasteiger partial charge is 0.380 e. The maximum Gasteiger partial charge on any atom is 0.214 e. The normalized spacial score (nSPS) is 10.5. The summed E-state index contributed by atoms with van der Waals surface area (Å²) in [7, 11) is 0. The number of rotatable bonds is 0. The van der Waals surface area contributed by atoms with E-state index < -0.39 is 0 Å². The van der Waals surface area contributed by atoms with Gasteiger partial charge in [0, 0.05) is 12.4 Å². The zero-order valence-electron chi connectivity index (χ0n) is 5.48. The molecule has 0 aliphatic heterocycles. The van der Waals surface area contributed by atoms with Crippen LogP contribution in [-0.4, -0.2) is 19.6 Å². The topological polar surface area (TPSA) is 72.0 Å². The minimum Gasteiger partial charge on any atom is -0.380 e. The first-order valence-electron chi connectivity index (χ1n) is 2.96. The standard InChI is InChI=1S/C5H5N5S/c6-3-4-7-1-2-10(4)9-5(11)8-3/h1-2H,(H3,6,8,9,11). The molecule has 56 valence electrons. The van der Waals surface area contributed by atoms with Crippen LogP contribution >= 0.6 is 12.2 Å². The van der Waals surface area contributed by atoms with Crippen LogP contribution in [0, 0.1) is 4.77 Å². The van der Waals surface area contributed by atoms with Gasteiger partial charge < -0.3 is 5.73 Å². The van der Waals surface area contributed by atoms with E-state index in [1.54, 1.807) is 16.9 Å². The molecule has 0 aliphatic carbocycles. The molecule has 0 radical (unpaired) electrons. The summed E-state index contributed by atoms with van der Waals surface area (Å²) >= 11 is 4.80. The summed E-state index contributed by atoms with van der Waals surface area (Å²) in [5, 5.41) is 2.79. The second-order valence-corrected chi connectivity index (χ2v) is 2.42. The fraction of sp³-hybridized carbons (Fsp3) is 0. The van der Waals surface area contributed by atoms with Crippen LogP contribution in [0.25, 0.3) is 5.65 Å². The molecule has 0 bridgehead atoms. The van der Waals surface area contributed by atoms with Crippen molar-refractivity contribution in [2.45, 2.75) is 0 Å². The second-order valence-electron chi connectivity index (χ2n) is 2.03. The lowest BCUT2D eigenvalue weighted by atomic mass is 10.7. The third-order valence-electron chi connectivity index (χ3n) is 1.31. The summed E-state index contributed by atoms with van der Waals surface area (Å²) in [6.45, 7) is 0.